The number of aryl methyl sites for hydroxylation is 1. The topological polar surface area (TPSA) is 58.0 Å². The minimum absolute atomic E-state index is 0.407. The molecular formula is C18H20N4O. The molecule has 1 unspecified atom stereocenters. The van der Waals surface area contributed by atoms with Crippen molar-refractivity contribution in [1.29, 1.82) is 0 Å². The Morgan fingerprint density at radius 3 is 2.83 bits per heavy atom. The monoisotopic (exact) mass is 308 g/mol. The van der Waals surface area contributed by atoms with Crippen LogP contribution in [0.5, 0.6) is 0 Å². The summed E-state index contributed by atoms with van der Waals surface area (Å²) in [5.74, 6) is 2.65. The molecule has 3 fully saturated rings. The number of nitrogens with one attached hydrogen (secondary N) is 1. The van der Waals surface area contributed by atoms with E-state index in [2.05, 4.69) is 34.1 Å². The predicted octanol–water partition coefficient (Wildman–Crippen LogP) is 3.34. The van der Waals surface area contributed by atoms with Crippen LogP contribution in [-0.4, -0.2) is 39.7 Å². The Kier molecular flexibility index (Phi) is 2.85. The maximum atomic E-state index is 5.68. The lowest BCUT2D eigenvalue weighted by Gasteiger charge is -2.43. The molecule has 0 amide bonds. The summed E-state index contributed by atoms with van der Waals surface area (Å²) in [5, 5.41) is 5.46. The number of hydrogen-bond donors (Lipinski definition) is 1. The van der Waals surface area contributed by atoms with Crippen molar-refractivity contribution in [2.45, 2.75) is 25.7 Å². The van der Waals surface area contributed by atoms with Crippen LogP contribution in [-0.2, 0) is 0 Å². The molecule has 3 aliphatic heterocycles. The first-order chi connectivity index (χ1) is 11.3. The van der Waals surface area contributed by atoms with Gasteiger partial charge in [0.2, 0.25) is 11.7 Å². The molecule has 118 valence electrons. The van der Waals surface area contributed by atoms with Gasteiger partial charge in [-0.1, -0.05) is 23.4 Å². The Labute approximate surface area is 134 Å². The molecule has 1 N–H and O–H groups in total. The largest absolute Gasteiger partial charge is 0.358 e. The van der Waals surface area contributed by atoms with Gasteiger partial charge in [-0.15, -0.1) is 0 Å². The van der Waals surface area contributed by atoms with Gasteiger partial charge in [-0.2, -0.15) is 4.98 Å². The Balaban J connectivity index is 1.55. The second-order valence-electron chi connectivity index (χ2n) is 6.87. The van der Waals surface area contributed by atoms with Crippen molar-refractivity contribution in [3.05, 3.63) is 35.9 Å². The van der Waals surface area contributed by atoms with Crippen LogP contribution in [0, 0.1) is 12.8 Å². The summed E-state index contributed by atoms with van der Waals surface area (Å²) >= 11 is 0. The number of nitrogens with zero attached hydrogens (tertiary/aromatic N) is 3. The second-order valence-corrected chi connectivity index (χ2v) is 6.87. The van der Waals surface area contributed by atoms with Crippen molar-refractivity contribution in [2.75, 3.05) is 19.6 Å². The van der Waals surface area contributed by atoms with Gasteiger partial charge in [-0.3, -0.25) is 0 Å². The van der Waals surface area contributed by atoms with Crippen LogP contribution in [0.3, 0.4) is 0 Å². The molecule has 5 heteroatoms. The van der Waals surface area contributed by atoms with Gasteiger partial charge in [0.25, 0.3) is 0 Å². The summed E-state index contributed by atoms with van der Waals surface area (Å²) in [6.45, 7) is 5.59. The van der Waals surface area contributed by atoms with Gasteiger partial charge in [0.1, 0.15) is 0 Å². The van der Waals surface area contributed by atoms with Crippen molar-refractivity contribution in [3.63, 3.8) is 0 Å². The van der Waals surface area contributed by atoms with Crippen molar-refractivity contribution < 1.29 is 4.52 Å². The van der Waals surface area contributed by atoms with Crippen LogP contribution in [0.2, 0.25) is 0 Å². The lowest BCUT2D eigenvalue weighted by molar-refractivity contribution is 0.0727. The van der Waals surface area contributed by atoms with E-state index in [1.54, 1.807) is 0 Å². The summed E-state index contributed by atoms with van der Waals surface area (Å²) in [7, 11) is 0. The van der Waals surface area contributed by atoms with Crippen LogP contribution in [0.25, 0.3) is 22.3 Å². The zero-order chi connectivity index (χ0) is 15.4. The minimum atomic E-state index is 0.407. The molecular weight excluding hydrogens is 288 g/mol. The Hall–Kier alpha value is -2.14. The van der Waals surface area contributed by atoms with E-state index in [0.717, 1.165) is 34.6 Å². The minimum Gasteiger partial charge on any atom is -0.358 e. The zero-order valence-electron chi connectivity index (χ0n) is 13.2. The average molecular weight is 308 g/mol. The molecule has 0 saturated carbocycles. The third-order valence-electron chi connectivity index (χ3n) is 5.53. The fraction of sp³-hybridized carbons (Fsp3) is 0.444. The number of benzene rings is 1. The maximum Gasteiger partial charge on any atom is 0.231 e. The predicted molar refractivity (Wildman–Crippen MR) is 88.2 cm³/mol. The molecule has 5 heterocycles. The Bertz CT molecular complexity index is 857. The van der Waals surface area contributed by atoms with Crippen molar-refractivity contribution in [1.82, 2.24) is 20.0 Å². The second kappa shape index (κ2) is 4.93. The number of aromatic nitrogens is 3. The highest BCUT2D eigenvalue weighted by molar-refractivity contribution is 5.95. The molecule has 1 aromatic carbocycles. The summed E-state index contributed by atoms with van der Waals surface area (Å²) in [5.41, 5.74) is 3.28. The third-order valence-corrected chi connectivity index (χ3v) is 5.53. The van der Waals surface area contributed by atoms with Gasteiger partial charge < -0.3 is 14.4 Å². The average Bonchev–Trinajstić information content (AvgIpc) is 3.19. The molecule has 0 radical (unpaired) electrons. The summed E-state index contributed by atoms with van der Waals surface area (Å²) in [6.07, 6.45) is 2.52. The first-order valence-electron chi connectivity index (χ1n) is 8.43. The number of para-hydroxylation sites is 1. The fourth-order valence-corrected chi connectivity index (χ4v) is 4.30. The van der Waals surface area contributed by atoms with E-state index >= 15 is 0 Å². The van der Waals surface area contributed by atoms with Gasteiger partial charge in [0, 0.05) is 23.1 Å². The molecule has 23 heavy (non-hydrogen) atoms. The van der Waals surface area contributed by atoms with Crippen LogP contribution in [0.1, 0.15) is 30.3 Å². The highest BCUT2D eigenvalue weighted by atomic mass is 16.5. The van der Waals surface area contributed by atoms with Crippen LogP contribution < -0.4 is 0 Å². The normalized spacial score (nSPS) is 26.9. The molecule has 2 bridgehead atoms. The van der Waals surface area contributed by atoms with E-state index in [4.69, 9.17) is 9.51 Å². The first kappa shape index (κ1) is 13.3. The fourth-order valence-electron chi connectivity index (χ4n) is 4.30. The van der Waals surface area contributed by atoms with E-state index in [1.165, 1.54) is 25.9 Å². The quantitative estimate of drug-likeness (QED) is 0.789. The van der Waals surface area contributed by atoms with Crippen molar-refractivity contribution >= 4 is 10.9 Å². The number of hydrogen-bond acceptors (Lipinski definition) is 4. The summed E-state index contributed by atoms with van der Waals surface area (Å²) in [6, 6.07) is 8.28. The van der Waals surface area contributed by atoms with E-state index < -0.39 is 0 Å². The highest BCUT2D eigenvalue weighted by Crippen LogP contribution is 2.39. The highest BCUT2D eigenvalue weighted by Gasteiger charge is 2.38. The molecule has 3 aromatic rings. The first-order valence-corrected chi connectivity index (χ1v) is 8.43. The number of piperidine rings is 3. The van der Waals surface area contributed by atoms with E-state index in [0.29, 0.717) is 17.7 Å². The van der Waals surface area contributed by atoms with Crippen LogP contribution in [0.15, 0.2) is 28.8 Å². The van der Waals surface area contributed by atoms with Gasteiger partial charge in [0.05, 0.1) is 11.5 Å². The van der Waals surface area contributed by atoms with Crippen molar-refractivity contribution in [3.8, 4) is 11.4 Å². The maximum absolute atomic E-state index is 5.68. The van der Waals surface area contributed by atoms with E-state index in [1.807, 2.05) is 12.1 Å². The number of H-pyrrole nitrogens is 1. The van der Waals surface area contributed by atoms with Gasteiger partial charge in [-0.25, -0.2) is 0 Å². The molecule has 2 aromatic heterocycles. The molecule has 3 saturated heterocycles. The number of aromatic amines is 1. The Morgan fingerprint density at radius 2 is 2.04 bits per heavy atom. The molecule has 6 rings (SSSR count). The van der Waals surface area contributed by atoms with Crippen LogP contribution in [0.4, 0.5) is 0 Å². The molecule has 0 aliphatic carbocycles. The van der Waals surface area contributed by atoms with Gasteiger partial charge >= 0.3 is 0 Å². The lowest BCUT2D eigenvalue weighted by atomic mass is 9.79. The SMILES string of the molecule is Cc1[nH]c2ccccc2c1-c1noc(C2CN3CCC2CC3)n1. The summed E-state index contributed by atoms with van der Waals surface area (Å²) < 4.78 is 5.68. The van der Waals surface area contributed by atoms with E-state index in [9.17, 15) is 0 Å². The molecule has 5 nitrogen and oxygen atoms in total. The molecule has 1 atom stereocenters. The van der Waals surface area contributed by atoms with Crippen LogP contribution >= 0.6 is 0 Å². The Morgan fingerprint density at radius 1 is 1.22 bits per heavy atom. The number of rotatable bonds is 2. The number of fused-ring (bicyclic) bond motifs is 4. The summed E-state index contributed by atoms with van der Waals surface area (Å²) in [4.78, 5) is 10.7. The van der Waals surface area contributed by atoms with Crippen molar-refractivity contribution in [2.24, 2.45) is 5.92 Å². The molecule has 0 spiro atoms. The van der Waals surface area contributed by atoms with Gasteiger partial charge in [0.15, 0.2) is 0 Å². The third kappa shape index (κ3) is 2.03. The lowest BCUT2D eigenvalue weighted by Crippen LogP contribution is -2.46. The standard InChI is InChI=1S/C18H20N4O/c1-11-16(13-4-2-3-5-15(13)19-11)17-20-18(23-21-17)14-10-22-8-6-12(14)7-9-22/h2-5,12,14,19H,6-10H2,1H3. The molecule has 3 aliphatic rings. The smallest absolute Gasteiger partial charge is 0.231 e. The van der Waals surface area contributed by atoms with E-state index in [-0.39, 0.29) is 0 Å². The van der Waals surface area contributed by atoms with Gasteiger partial charge in [-0.05, 0) is 44.8 Å². The zero-order valence-corrected chi connectivity index (χ0v) is 13.2.